The average Bonchev–Trinajstić information content (AvgIpc) is 2.61. The average molecular weight is 397 g/mol. The summed E-state index contributed by atoms with van der Waals surface area (Å²) < 4.78 is 32.6. The van der Waals surface area contributed by atoms with Crippen LogP contribution in [0.4, 0.5) is 0 Å². The molecule has 0 saturated heterocycles. The number of halogens is 1. The highest BCUT2D eigenvalue weighted by Crippen LogP contribution is 2.25. The number of carbonyl (C=O) groups is 1. The standard InChI is InChI=1S/C18H21ClN2O4S/c1-3-21-26(23,24)17-11-13(9-10-16(17)25-4-2)18(22)20-12-14-7-5-6-8-15(14)19/h5-11,21H,3-4,12H2,1-2H3,(H,20,22). The molecular weight excluding hydrogens is 376 g/mol. The monoisotopic (exact) mass is 396 g/mol. The lowest BCUT2D eigenvalue weighted by Crippen LogP contribution is -2.26. The smallest absolute Gasteiger partial charge is 0.251 e. The van der Waals surface area contributed by atoms with Gasteiger partial charge >= 0.3 is 0 Å². The topological polar surface area (TPSA) is 84.5 Å². The van der Waals surface area contributed by atoms with Crippen LogP contribution >= 0.6 is 11.6 Å². The molecule has 1 amide bonds. The van der Waals surface area contributed by atoms with Gasteiger partial charge in [-0.15, -0.1) is 0 Å². The fraction of sp³-hybridized carbons (Fsp3) is 0.278. The second-order valence-corrected chi connectivity index (χ2v) is 7.51. The van der Waals surface area contributed by atoms with Gasteiger partial charge in [-0.2, -0.15) is 0 Å². The summed E-state index contributed by atoms with van der Waals surface area (Å²) in [6.45, 7) is 4.22. The van der Waals surface area contributed by atoms with Gasteiger partial charge in [0.2, 0.25) is 10.0 Å². The predicted octanol–water partition coefficient (Wildman–Crippen LogP) is 2.97. The molecule has 0 aliphatic carbocycles. The summed E-state index contributed by atoms with van der Waals surface area (Å²) in [5.41, 5.74) is 0.992. The van der Waals surface area contributed by atoms with Gasteiger partial charge in [-0.25, -0.2) is 13.1 Å². The maximum absolute atomic E-state index is 12.4. The number of amides is 1. The van der Waals surface area contributed by atoms with E-state index in [0.717, 1.165) is 5.56 Å². The Kier molecular flexibility index (Phi) is 7.02. The molecule has 0 aliphatic heterocycles. The van der Waals surface area contributed by atoms with Crippen molar-refractivity contribution in [1.82, 2.24) is 10.0 Å². The molecule has 26 heavy (non-hydrogen) atoms. The first-order chi connectivity index (χ1) is 12.4. The Morgan fingerprint density at radius 2 is 1.88 bits per heavy atom. The van der Waals surface area contributed by atoms with Crippen molar-refractivity contribution in [2.45, 2.75) is 25.3 Å². The van der Waals surface area contributed by atoms with E-state index in [4.69, 9.17) is 16.3 Å². The maximum Gasteiger partial charge on any atom is 0.251 e. The Morgan fingerprint density at radius 3 is 2.54 bits per heavy atom. The highest BCUT2D eigenvalue weighted by Gasteiger charge is 2.21. The molecule has 6 nitrogen and oxygen atoms in total. The van der Waals surface area contributed by atoms with Crippen LogP contribution in [0.3, 0.4) is 0 Å². The van der Waals surface area contributed by atoms with E-state index in [1.165, 1.54) is 18.2 Å². The number of carbonyl (C=O) groups excluding carboxylic acids is 1. The molecule has 2 aromatic carbocycles. The minimum absolute atomic E-state index is 0.0633. The van der Waals surface area contributed by atoms with Crippen LogP contribution in [0.1, 0.15) is 29.8 Å². The largest absolute Gasteiger partial charge is 0.492 e. The molecule has 0 atom stereocenters. The van der Waals surface area contributed by atoms with Crippen LogP contribution < -0.4 is 14.8 Å². The lowest BCUT2D eigenvalue weighted by atomic mass is 10.2. The van der Waals surface area contributed by atoms with Crippen molar-refractivity contribution >= 4 is 27.5 Å². The van der Waals surface area contributed by atoms with Crippen molar-refractivity contribution in [2.24, 2.45) is 0 Å². The summed E-state index contributed by atoms with van der Waals surface area (Å²) in [4.78, 5) is 12.4. The van der Waals surface area contributed by atoms with Crippen LogP contribution in [0.25, 0.3) is 0 Å². The summed E-state index contributed by atoms with van der Waals surface area (Å²) in [5.74, 6) is -0.197. The summed E-state index contributed by atoms with van der Waals surface area (Å²) in [7, 11) is -3.77. The summed E-state index contributed by atoms with van der Waals surface area (Å²) >= 11 is 6.07. The molecule has 140 valence electrons. The van der Waals surface area contributed by atoms with Gasteiger partial charge in [0.05, 0.1) is 6.61 Å². The second-order valence-electron chi connectivity index (χ2n) is 5.37. The molecule has 2 aromatic rings. The Morgan fingerprint density at radius 1 is 1.15 bits per heavy atom. The van der Waals surface area contributed by atoms with Gasteiger partial charge in [-0.1, -0.05) is 36.7 Å². The number of ether oxygens (including phenoxy) is 1. The summed E-state index contributed by atoms with van der Waals surface area (Å²) in [5, 5.41) is 3.29. The molecule has 0 bridgehead atoms. The minimum Gasteiger partial charge on any atom is -0.492 e. The zero-order chi connectivity index (χ0) is 19.2. The Bertz CT molecular complexity index is 885. The molecule has 8 heteroatoms. The molecule has 0 aliphatic rings. The summed E-state index contributed by atoms with van der Waals surface area (Å²) in [6.07, 6.45) is 0. The highest BCUT2D eigenvalue weighted by atomic mass is 35.5. The van der Waals surface area contributed by atoms with Crippen molar-refractivity contribution in [3.05, 3.63) is 58.6 Å². The van der Waals surface area contributed by atoms with Crippen LogP contribution in [0.2, 0.25) is 5.02 Å². The number of hydrogen-bond acceptors (Lipinski definition) is 4. The SMILES string of the molecule is CCNS(=O)(=O)c1cc(C(=O)NCc2ccccc2Cl)ccc1OCC. The molecule has 0 aromatic heterocycles. The Labute approximate surface area is 158 Å². The van der Waals surface area contributed by atoms with Crippen LogP contribution in [0, 0.1) is 0 Å². The summed E-state index contributed by atoms with van der Waals surface area (Å²) in [6, 6.07) is 11.5. The molecule has 0 heterocycles. The van der Waals surface area contributed by atoms with E-state index < -0.39 is 15.9 Å². The fourth-order valence-electron chi connectivity index (χ4n) is 2.32. The first-order valence-corrected chi connectivity index (χ1v) is 10.0. The second kappa shape index (κ2) is 9.02. The third kappa shape index (κ3) is 4.97. The van der Waals surface area contributed by atoms with Crippen molar-refractivity contribution in [2.75, 3.05) is 13.2 Å². The van der Waals surface area contributed by atoms with Crippen LogP contribution in [0.15, 0.2) is 47.4 Å². The lowest BCUT2D eigenvalue weighted by Gasteiger charge is -2.13. The van der Waals surface area contributed by atoms with Gasteiger partial charge < -0.3 is 10.1 Å². The Balaban J connectivity index is 2.26. The fourth-order valence-corrected chi connectivity index (χ4v) is 3.73. The maximum atomic E-state index is 12.4. The Hall–Kier alpha value is -2.09. The van der Waals surface area contributed by atoms with E-state index in [9.17, 15) is 13.2 Å². The van der Waals surface area contributed by atoms with E-state index in [1.54, 1.807) is 26.0 Å². The molecular formula is C18H21ClN2O4S. The first kappa shape index (κ1) is 20.2. The van der Waals surface area contributed by atoms with E-state index in [-0.39, 0.29) is 29.3 Å². The van der Waals surface area contributed by atoms with Gasteiger partial charge in [0, 0.05) is 23.7 Å². The van der Waals surface area contributed by atoms with Crippen molar-refractivity contribution in [1.29, 1.82) is 0 Å². The lowest BCUT2D eigenvalue weighted by molar-refractivity contribution is 0.0950. The number of sulfonamides is 1. The minimum atomic E-state index is -3.77. The third-order valence-electron chi connectivity index (χ3n) is 3.53. The molecule has 2 N–H and O–H groups in total. The molecule has 2 rings (SSSR count). The van der Waals surface area contributed by atoms with Gasteiger partial charge in [0.15, 0.2) is 0 Å². The van der Waals surface area contributed by atoms with Crippen molar-refractivity contribution in [3.8, 4) is 5.75 Å². The van der Waals surface area contributed by atoms with E-state index in [2.05, 4.69) is 10.0 Å². The predicted molar refractivity (Wildman–Crippen MR) is 101 cm³/mol. The molecule has 0 fully saturated rings. The van der Waals surface area contributed by atoms with Crippen molar-refractivity contribution in [3.63, 3.8) is 0 Å². The van der Waals surface area contributed by atoms with Crippen LogP contribution in [-0.4, -0.2) is 27.5 Å². The molecule has 0 radical (unpaired) electrons. The van der Waals surface area contributed by atoms with Gasteiger partial charge in [0.1, 0.15) is 10.6 Å². The van der Waals surface area contributed by atoms with Crippen LogP contribution in [0.5, 0.6) is 5.75 Å². The van der Waals surface area contributed by atoms with Gasteiger partial charge in [-0.3, -0.25) is 4.79 Å². The quantitative estimate of drug-likeness (QED) is 0.718. The first-order valence-electron chi connectivity index (χ1n) is 8.17. The normalized spacial score (nSPS) is 11.2. The van der Waals surface area contributed by atoms with Gasteiger partial charge in [0.25, 0.3) is 5.91 Å². The van der Waals surface area contributed by atoms with Crippen LogP contribution in [-0.2, 0) is 16.6 Å². The number of hydrogen-bond donors (Lipinski definition) is 2. The molecule has 0 unspecified atom stereocenters. The molecule has 0 spiro atoms. The number of benzene rings is 2. The van der Waals surface area contributed by atoms with E-state index >= 15 is 0 Å². The highest BCUT2D eigenvalue weighted by molar-refractivity contribution is 7.89. The zero-order valence-electron chi connectivity index (χ0n) is 14.6. The molecule has 0 saturated carbocycles. The van der Waals surface area contributed by atoms with E-state index in [1.807, 2.05) is 12.1 Å². The number of rotatable bonds is 8. The van der Waals surface area contributed by atoms with Gasteiger partial charge in [-0.05, 0) is 36.8 Å². The third-order valence-corrected chi connectivity index (χ3v) is 5.46. The number of nitrogens with one attached hydrogen (secondary N) is 2. The zero-order valence-corrected chi connectivity index (χ0v) is 16.2. The van der Waals surface area contributed by atoms with E-state index in [0.29, 0.717) is 11.6 Å². The van der Waals surface area contributed by atoms with Crippen molar-refractivity contribution < 1.29 is 17.9 Å².